The van der Waals surface area contributed by atoms with E-state index >= 15 is 0 Å². The maximum Gasteiger partial charge on any atom is 0.239 e. The highest BCUT2D eigenvalue weighted by Gasteiger charge is 2.05. The number of hydrogen-bond donors (Lipinski definition) is 0. The van der Waals surface area contributed by atoms with Crippen LogP contribution in [0, 0.1) is 16.0 Å². The Bertz CT molecular complexity index is 388. The third kappa shape index (κ3) is 10.5. The number of allylic oxidation sites excluding steroid dienone is 6. The molecule has 0 aromatic carbocycles. The minimum atomic E-state index is -0.316. The summed E-state index contributed by atoms with van der Waals surface area (Å²) in [5.74, 6) is 0.278. The van der Waals surface area contributed by atoms with E-state index in [0.29, 0.717) is 0 Å². The minimum Gasteiger partial charge on any atom is -0.259 e. The molecule has 0 aromatic heterocycles. The van der Waals surface area contributed by atoms with Crippen LogP contribution < -0.4 is 0 Å². The first-order valence-electron chi connectivity index (χ1n) is 7.44. The summed E-state index contributed by atoms with van der Waals surface area (Å²) in [4.78, 5) is 10.2. The third-order valence-corrected chi connectivity index (χ3v) is 3.26. The van der Waals surface area contributed by atoms with Gasteiger partial charge in [-0.15, -0.1) is 0 Å². The van der Waals surface area contributed by atoms with Crippen molar-refractivity contribution in [1.82, 2.24) is 0 Å². The largest absolute Gasteiger partial charge is 0.259 e. The van der Waals surface area contributed by atoms with Gasteiger partial charge in [0.1, 0.15) is 0 Å². The average Bonchev–Trinajstić information content (AvgIpc) is 2.34. The Morgan fingerprint density at radius 3 is 2.35 bits per heavy atom. The van der Waals surface area contributed by atoms with E-state index in [1.165, 1.54) is 11.1 Å². The van der Waals surface area contributed by atoms with Gasteiger partial charge in [-0.3, -0.25) is 10.1 Å². The van der Waals surface area contributed by atoms with Crippen molar-refractivity contribution in [1.29, 1.82) is 0 Å². The summed E-state index contributed by atoms with van der Waals surface area (Å²) < 4.78 is 0. The second-order valence-electron chi connectivity index (χ2n) is 5.84. The van der Waals surface area contributed by atoms with E-state index in [1.54, 1.807) is 13.0 Å². The predicted octanol–water partition coefficient (Wildman–Crippen LogP) is 5.67. The first-order chi connectivity index (χ1) is 9.32. The van der Waals surface area contributed by atoms with E-state index < -0.39 is 0 Å². The van der Waals surface area contributed by atoms with Gasteiger partial charge in [-0.05, 0) is 64.9 Å². The Kier molecular flexibility index (Phi) is 9.69. The molecule has 3 heteroatoms. The summed E-state index contributed by atoms with van der Waals surface area (Å²) >= 11 is 0. The second-order valence-corrected chi connectivity index (χ2v) is 5.84. The second kappa shape index (κ2) is 10.4. The fourth-order valence-corrected chi connectivity index (χ4v) is 2.03. The van der Waals surface area contributed by atoms with E-state index in [1.807, 2.05) is 6.92 Å². The molecule has 0 aliphatic heterocycles. The molecule has 114 valence electrons. The van der Waals surface area contributed by atoms with Crippen molar-refractivity contribution < 1.29 is 4.92 Å². The molecule has 0 fully saturated rings. The summed E-state index contributed by atoms with van der Waals surface area (Å²) in [6, 6.07) is 0. The highest BCUT2D eigenvalue weighted by Crippen LogP contribution is 2.14. The zero-order chi connectivity index (χ0) is 15.5. The van der Waals surface area contributed by atoms with Gasteiger partial charge < -0.3 is 0 Å². The molecular weight excluding hydrogens is 250 g/mol. The van der Waals surface area contributed by atoms with Gasteiger partial charge >= 0.3 is 0 Å². The van der Waals surface area contributed by atoms with Crippen molar-refractivity contribution in [3.63, 3.8) is 0 Å². The number of hydrogen-bond acceptors (Lipinski definition) is 2. The lowest BCUT2D eigenvalue weighted by Crippen LogP contribution is -1.98. The normalized spacial score (nSPS) is 14.1. The molecule has 0 heterocycles. The van der Waals surface area contributed by atoms with Crippen LogP contribution in [0.25, 0.3) is 0 Å². The van der Waals surface area contributed by atoms with E-state index in [4.69, 9.17) is 0 Å². The highest BCUT2D eigenvalue weighted by molar-refractivity contribution is 5.02. The maximum absolute atomic E-state index is 10.5. The van der Waals surface area contributed by atoms with Crippen LogP contribution in [0.3, 0.4) is 0 Å². The van der Waals surface area contributed by atoms with Crippen molar-refractivity contribution in [2.75, 3.05) is 0 Å². The lowest BCUT2D eigenvalue weighted by Gasteiger charge is -2.05. The summed E-state index contributed by atoms with van der Waals surface area (Å²) in [6.45, 7) is 10.0. The molecule has 0 rings (SSSR count). The zero-order valence-electron chi connectivity index (χ0n) is 13.6. The Balaban J connectivity index is 3.92. The minimum absolute atomic E-state index is 0.256. The fraction of sp³-hybridized carbons (Fsp3) is 0.647. The Morgan fingerprint density at radius 2 is 1.80 bits per heavy atom. The lowest BCUT2D eigenvalue weighted by molar-refractivity contribution is -0.424. The highest BCUT2D eigenvalue weighted by atomic mass is 16.6. The molecule has 0 spiro atoms. The van der Waals surface area contributed by atoms with Crippen molar-refractivity contribution >= 4 is 0 Å². The summed E-state index contributed by atoms with van der Waals surface area (Å²) in [7, 11) is 0. The molecule has 0 saturated carbocycles. The van der Waals surface area contributed by atoms with Gasteiger partial charge in [-0.1, -0.05) is 30.2 Å². The average molecular weight is 279 g/mol. The SMILES string of the molecule is CC(C)=CCC/C(C)=C/CCCC(C)/C=C(\C)[N+](=O)[O-]. The predicted molar refractivity (Wildman–Crippen MR) is 86.2 cm³/mol. The first-order valence-corrected chi connectivity index (χ1v) is 7.44. The molecule has 1 unspecified atom stereocenters. The molecule has 1 atom stereocenters. The van der Waals surface area contributed by atoms with Crippen LogP contribution in [0.4, 0.5) is 0 Å². The van der Waals surface area contributed by atoms with Gasteiger partial charge in [-0.25, -0.2) is 0 Å². The Morgan fingerprint density at radius 1 is 1.15 bits per heavy atom. The molecule has 0 N–H and O–H groups in total. The third-order valence-electron chi connectivity index (χ3n) is 3.26. The van der Waals surface area contributed by atoms with Crippen molar-refractivity contribution in [3.8, 4) is 0 Å². The zero-order valence-corrected chi connectivity index (χ0v) is 13.6. The van der Waals surface area contributed by atoms with Crippen LogP contribution in [0.5, 0.6) is 0 Å². The summed E-state index contributed by atoms with van der Waals surface area (Å²) in [6.07, 6.45) is 11.7. The van der Waals surface area contributed by atoms with Gasteiger partial charge in [0.05, 0.1) is 4.92 Å². The van der Waals surface area contributed by atoms with E-state index in [-0.39, 0.29) is 16.5 Å². The van der Waals surface area contributed by atoms with Crippen molar-refractivity contribution in [3.05, 3.63) is 45.2 Å². The van der Waals surface area contributed by atoms with Gasteiger partial charge in [0.25, 0.3) is 0 Å². The monoisotopic (exact) mass is 279 g/mol. The molecule has 0 aliphatic rings. The van der Waals surface area contributed by atoms with Crippen LogP contribution in [-0.2, 0) is 0 Å². The maximum atomic E-state index is 10.5. The molecule has 20 heavy (non-hydrogen) atoms. The molecule has 0 saturated heterocycles. The van der Waals surface area contributed by atoms with Crippen LogP contribution in [0.2, 0.25) is 0 Å². The molecule has 0 radical (unpaired) electrons. The van der Waals surface area contributed by atoms with Gasteiger partial charge in [-0.2, -0.15) is 0 Å². The van der Waals surface area contributed by atoms with Gasteiger partial charge in [0, 0.05) is 6.92 Å². The van der Waals surface area contributed by atoms with Crippen LogP contribution >= 0.6 is 0 Å². The van der Waals surface area contributed by atoms with Gasteiger partial charge in [0.15, 0.2) is 0 Å². The summed E-state index contributed by atoms with van der Waals surface area (Å²) in [5, 5.41) is 10.5. The molecule has 0 aliphatic carbocycles. The number of rotatable bonds is 9. The van der Waals surface area contributed by atoms with Crippen LogP contribution in [0.1, 0.15) is 66.7 Å². The standard InChI is InChI=1S/C17H29NO2/c1-14(2)9-8-12-15(3)10-6-7-11-16(4)13-17(5)18(19)20/h9-10,13,16H,6-8,11-12H2,1-5H3/b15-10+,17-13+. The van der Waals surface area contributed by atoms with Crippen LogP contribution in [0.15, 0.2) is 35.1 Å². The quantitative estimate of drug-likeness (QED) is 0.236. The molecule has 0 amide bonds. The van der Waals surface area contributed by atoms with E-state index in [2.05, 4.69) is 32.9 Å². The first kappa shape index (κ1) is 18.6. The van der Waals surface area contributed by atoms with Gasteiger partial charge in [0.2, 0.25) is 5.70 Å². The van der Waals surface area contributed by atoms with E-state index in [9.17, 15) is 10.1 Å². The van der Waals surface area contributed by atoms with E-state index in [0.717, 1.165) is 32.1 Å². The summed E-state index contributed by atoms with van der Waals surface area (Å²) in [5.41, 5.74) is 3.07. The fourth-order valence-electron chi connectivity index (χ4n) is 2.03. The number of unbranched alkanes of at least 4 members (excludes halogenated alkanes) is 1. The number of nitrogens with zero attached hydrogens (tertiary/aromatic N) is 1. The molecule has 3 nitrogen and oxygen atoms in total. The Labute approximate surface area is 123 Å². The Hall–Kier alpha value is -1.38. The lowest BCUT2D eigenvalue weighted by atomic mass is 10.0. The number of nitro groups is 1. The molecular formula is C17H29NO2. The molecule has 0 bridgehead atoms. The smallest absolute Gasteiger partial charge is 0.239 e. The van der Waals surface area contributed by atoms with Crippen LogP contribution in [-0.4, -0.2) is 4.92 Å². The van der Waals surface area contributed by atoms with Crippen molar-refractivity contribution in [2.45, 2.75) is 66.7 Å². The molecule has 0 aromatic rings. The topological polar surface area (TPSA) is 43.1 Å². The van der Waals surface area contributed by atoms with Crippen molar-refractivity contribution in [2.24, 2.45) is 5.92 Å².